The largest absolute Gasteiger partial charge is 0.496 e. The lowest BCUT2D eigenvalue weighted by atomic mass is 9.99. The SMILES string of the molecule is C/C=C/C(=O)N(CC(=O)[C@H](CC(C)C)NC(=O)c1cc2c(OC)cccc2[nH]1)C[C@@H]1CCNC1=O. The highest BCUT2D eigenvalue weighted by atomic mass is 16.5. The zero-order chi connectivity index (χ0) is 25.5. The Balaban J connectivity index is 1.77. The lowest BCUT2D eigenvalue weighted by Crippen LogP contribution is -2.48. The average Bonchev–Trinajstić information content (AvgIpc) is 3.43. The van der Waals surface area contributed by atoms with Crippen LogP contribution in [0.3, 0.4) is 0 Å². The lowest BCUT2D eigenvalue weighted by Gasteiger charge is -2.26. The second kappa shape index (κ2) is 11.7. The number of H-pyrrole nitrogens is 1. The first-order valence-electron chi connectivity index (χ1n) is 11.9. The van der Waals surface area contributed by atoms with Gasteiger partial charge in [0.15, 0.2) is 5.78 Å². The summed E-state index contributed by atoms with van der Waals surface area (Å²) in [7, 11) is 1.56. The Bertz CT molecular complexity index is 1120. The second-order valence-electron chi connectivity index (χ2n) is 9.22. The van der Waals surface area contributed by atoms with Gasteiger partial charge in [0.1, 0.15) is 11.4 Å². The molecule has 1 aromatic heterocycles. The fraction of sp³-hybridized carbons (Fsp3) is 0.462. The van der Waals surface area contributed by atoms with Crippen molar-refractivity contribution in [3.63, 3.8) is 0 Å². The molecule has 0 aliphatic carbocycles. The molecule has 35 heavy (non-hydrogen) atoms. The molecule has 3 amide bonds. The van der Waals surface area contributed by atoms with Gasteiger partial charge < -0.3 is 25.3 Å². The minimum absolute atomic E-state index is 0.114. The molecule has 9 nitrogen and oxygen atoms in total. The Morgan fingerprint density at radius 3 is 2.69 bits per heavy atom. The third-order valence-electron chi connectivity index (χ3n) is 6.06. The van der Waals surface area contributed by atoms with E-state index in [-0.39, 0.29) is 42.5 Å². The summed E-state index contributed by atoms with van der Waals surface area (Å²) in [4.78, 5) is 55.6. The molecule has 1 fully saturated rings. The van der Waals surface area contributed by atoms with Crippen molar-refractivity contribution in [1.82, 2.24) is 20.5 Å². The van der Waals surface area contributed by atoms with Crippen LogP contribution < -0.4 is 15.4 Å². The normalized spacial score (nSPS) is 16.5. The molecule has 1 aliphatic rings. The highest BCUT2D eigenvalue weighted by Crippen LogP contribution is 2.26. The number of nitrogens with zero attached hydrogens (tertiary/aromatic N) is 1. The number of aromatic nitrogens is 1. The first-order valence-corrected chi connectivity index (χ1v) is 11.9. The number of hydrogen-bond acceptors (Lipinski definition) is 5. The smallest absolute Gasteiger partial charge is 0.268 e. The van der Waals surface area contributed by atoms with E-state index in [2.05, 4.69) is 15.6 Å². The minimum atomic E-state index is -0.783. The summed E-state index contributed by atoms with van der Waals surface area (Å²) in [5, 5.41) is 6.38. The Morgan fingerprint density at radius 1 is 1.29 bits per heavy atom. The third-order valence-corrected chi connectivity index (χ3v) is 6.06. The first kappa shape index (κ1) is 26.0. The van der Waals surface area contributed by atoms with Crippen molar-refractivity contribution in [3.8, 4) is 5.75 Å². The number of ether oxygens (including phenoxy) is 1. The van der Waals surface area contributed by atoms with Crippen LogP contribution in [0.1, 0.15) is 44.1 Å². The van der Waals surface area contributed by atoms with Gasteiger partial charge >= 0.3 is 0 Å². The molecule has 3 rings (SSSR count). The number of hydrogen-bond donors (Lipinski definition) is 3. The topological polar surface area (TPSA) is 121 Å². The summed E-state index contributed by atoms with van der Waals surface area (Å²) in [5.41, 5.74) is 1.06. The monoisotopic (exact) mass is 482 g/mol. The average molecular weight is 483 g/mol. The van der Waals surface area contributed by atoms with Gasteiger partial charge in [-0.25, -0.2) is 0 Å². The van der Waals surface area contributed by atoms with Gasteiger partial charge in [0.2, 0.25) is 11.8 Å². The maximum Gasteiger partial charge on any atom is 0.268 e. The van der Waals surface area contributed by atoms with Crippen LogP contribution in [0.4, 0.5) is 0 Å². The number of methoxy groups -OCH3 is 1. The molecule has 2 atom stereocenters. The Morgan fingerprint density at radius 2 is 2.06 bits per heavy atom. The number of nitrogens with one attached hydrogen (secondary N) is 3. The van der Waals surface area contributed by atoms with Crippen LogP contribution in [0, 0.1) is 11.8 Å². The summed E-state index contributed by atoms with van der Waals surface area (Å²) in [6, 6.07) is 6.39. The summed E-state index contributed by atoms with van der Waals surface area (Å²) < 4.78 is 5.36. The van der Waals surface area contributed by atoms with Gasteiger partial charge in [0.05, 0.1) is 25.6 Å². The molecule has 188 valence electrons. The number of fused-ring (bicyclic) bond motifs is 1. The number of carbonyl (C=O) groups is 4. The molecule has 1 saturated heterocycles. The van der Waals surface area contributed by atoms with Crippen molar-refractivity contribution in [2.75, 3.05) is 26.7 Å². The van der Waals surface area contributed by atoms with Gasteiger partial charge in [0.25, 0.3) is 5.91 Å². The Kier molecular flexibility index (Phi) is 8.68. The number of Topliss-reactive ketones (excluding diaryl/α,β-unsaturated/α-hetero) is 1. The molecule has 9 heteroatoms. The molecule has 0 bridgehead atoms. The molecule has 0 saturated carbocycles. The van der Waals surface area contributed by atoms with Crippen molar-refractivity contribution >= 4 is 34.4 Å². The molecular formula is C26H34N4O5. The molecular weight excluding hydrogens is 448 g/mol. The molecule has 0 unspecified atom stereocenters. The van der Waals surface area contributed by atoms with Gasteiger partial charge in [-0.15, -0.1) is 0 Å². The van der Waals surface area contributed by atoms with Gasteiger partial charge in [-0.05, 0) is 50.0 Å². The highest BCUT2D eigenvalue weighted by molar-refractivity contribution is 6.02. The maximum atomic E-state index is 13.3. The van der Waals surface area contributed by atoms with E-state index >= 15 is 0 Å². The van der Waals surface area contributed by atoms with E-state index in [4.69, 9.17) is 4.74 Å². The van der Waals surface area contributed by atoms with Crippen LogP contribution in [0.25, 0.3) is 10.9 Å². The quantitative estimate of drug-likeness (QED) is 0.425. The number of ketones is 1. The van der Waals surface area contributed by atoms with Gasteiger partial charge in [0, 0.05) is 24.0 Å². The van der Waals surface area contributed by atoms with Crippen LogP contribution in [0.2, 0.25) is 0 Å². The van der Waals surface area contributed by atoms with Crippen molar-refractivity contribution in [3.05, 3.63) is 42.1 Å². The fourth-order valence-corrected chi connectivity index (χ4v) is 4.27. The summed E-state index contributed by atoms with van der Waals surface area (Å²) in [6.07, 6.45) is 4.02. The van der Waals surface area contributed by atoms with Crippen LogP contribution in [0.15, 0.2) is 36.4 Å². The summed E-state index contributed by atoms with van der Waals surface area (Å²) in [6.45, 7) is 6.18. The molecule has 2 heterocycles. The number of benzene rings is 1. The predicted octanol–water partition coefficient (Wildman–Crippen LogP) is 2.43. The molecule has 0 radical (unpaired) electrons. The van der Waals surface area contributed by atoms with Crippen LogP contribution in [-0.4, -0.2) is 66.2 Å². The standard InChI is InChI=1S/C26H34N4O5/c1-5-7-24(32)30(14-17-10-11-27-25(17)33)15-22(31)20(12-16(2)3)29-26(34)21-13-18-19(28-21)8-6-9-23(18)35-4/h5-9,13,16-17,20,28H,10-12,14-15H2,1-4H3,(H,27,33)(H,29,34)/b7-5+/t17-,20-/m0/s1. The van der Waals surface area contributed by atoms with Gasteiger partial charge in [-0.3, -0.25) is 19.2 Å². The molecule has 1 aromatic carbocycles. The van der Waals surface area contributed by atoms with Crippen molar-refractivity contribution < 1.29 is 23.9 Å². The molecule has 3 N–H and O–H groups in total. The summed E-state index contributed by atoms with van der Waals surface area (Å²) in [5.74, 6) is -0.721. The maximum absolute atomic E-state index is 13.3. The van der Waals surface area contributed by atoms with Crippen molar-refractivity contribution in [2.45, 2.75) is 39.7 Å². The van der Waals surface area contributed by atoms with E-state index in [0.29, 0.717) is 30.8 Å². The second-order valence-corrected chi connectivity index (χ2v) is 9.22. The first-order chi connectivity index (χ1) is 16.7. The number of aromatic amines is 1. The third kappa shape index (κ3) is 6.49. The zero-order valence-corrected chi connectivity index (χ0v) is 20.7. The highest BCUT2D eigenvalue weighted by Gasteiger charge is 2.31. The number of allylic oxidation sites excluding steroid dienone is 1. The van der Waals surface area contributed by atoms with Gasteiger partial charge in [-0.1, -0.05) is 26.0 Å². The van der Waals surface area contributed by atoms with E-state index in [1.54, 1.807) is 26.2 Å². The van der Waals surface area contributed by atoms with Crippen LogP contribution in [0.5, 0.6) is 5.75 Å². The molecule has 1 aliphatic heterocycles. The van der Waals surface area contributed by atoms with Gasteiger partial charge in [-0.2, -0.15) is 0 Å². The molecule has 2 aromatic rings. The fourth-order valence-electron chi connectivity index (χ4n) is 4.27. The van der Waals surface area contributed by atoms with E-state index < -0.39 is 11.9 Å². The van der Waals surface area contributed by atoms with E-state index in [0.717, 1.165) is 10.9 Å². The zero-order valence-electron chi connectivity index (χ0n) is 20.7. The minimum Gasteiger partial charge on any atom is -0.496 e. The Labute approximate surface area is 205 Å². The van der Waals surface area contributed by atoms with Crippen molar-refractivity contribution in [2.24, 2.45) is 11.8 Å². The number of rotatable bonds is 11. The van der Waals surface area contributed by atoms with E-state index in [1.807, 2.05) is 32.0 Å². The molecule has 0 spiro atoms. The number of amides is 3. The summed E-state index contributed by atoms with van der Waals surface area (Å²) >= 11 is 0. The number of carbonyl (C=O) groups excluding carboxylic acids is 4. The predicted molar refractivity (Wildman–Crippen MR) is 133 cm³/mol. The van der Waals surface area contributed by atoms with Crippen molar-refractivity contribution in [1.29, 1.82) is 0 Å². The van der Waals surface area contributed by atoms with E-state index in [1.165, 1.54) is 11.0 Å². The van der Waals surface area contributed by atoms with Crippen LogP contribution >= 0.6 is 0 Å². The lowest BCUT2D eigenvalue weighted by molar-refractivity contribution is -0.134. The Hall–Kier alpha value is -3.62. The van der Waals surface area contributed by atoms with E-state index in [9.17, 15) is 19.2 Å². The van der Waals surface area contributed by atoms with Crippen LogP contribution in [-0.2, 0) is 14.4 Å².